The van der Waals surface area contributed by atoms with E-state index < -0.39 is 0 Å². The van der Waals surface area contributed by atoms with Crippen LogP contribution in [-0.2, 0) is 16.0 Å². The summed E-state index contributed by atoms with van der Waals surface area (Å²) in [6.07, 6.45) is 4.60. The first-order valence-corrected chi connectivity index (χ1v) is 7.28. The summed E-state index contributed by atoms with van der Waals surface area (Å²) in [4.78, 5) is 20.1. The molecule has 1 N–H and O–H groups in total. The van der Waals surface area contributed by atoms with Gasteiger partial charge in [-0.15, -0.1) is 11.3 Å². The Morgan fingerprint density at radius 1 is 1.40 bits per heavy atom. The van der Waals surface area contributed by atoms with Gasteiger partial charge in [0.25, 0.3) is 0 Å². The van der Waals surface area contributed by atoms with Gasteiger partial charge in [0, 0.05) is 43.4 Å². The molecule has 0 fully saturated rings. The molecule has 0 radical (unpaired) electrons. The van der Waals surface area contributed by atoms with E-state index in [0.29, 0.717) is 26.0 Å². The van der Waals surface area contributed by atoms with Crippen molar-refractivity contribution in [3.8, 4) is 10.6 Å². The number of methoxy groups -OCH3 is 1. The number of rotatable bonds is 7. The van der Waals surface area contributed by atoms with E-state index in [0.717, 1.165) is 16.3 Å². The molecule has 0 atom stereocenters. The molecule has 0 aliphatic carbocycles. The molecule has 2 heterocycles. The average Bonchev–Trinajstić information content (AvgIpc) is 2.95. The largest absolute Gasteiger partial charge is 0.383 e. The third-order valence-electron chi connectivity index (χ3n) is 2.72. The number of carbonyl (C=O) groups excluding carboxylic acids is 1. The molecule has 2 aromatic heterocycles. The predicted molar refractivity (Wildman–Crippen MR) is 78.6 cm³/mol. The number of nitrogens with one attached hydrogen (secondary N) is 1. The summed E-state index contributed by atoms with van der Waals surface area (Å²) < 4.78 is 4.88. The van der Waals surface area contributed by atoms with Crippen molar-refractivity contribution < 1.29 is 9.53 Å². The molecule has 0 aromatic carbocycles. The van der Waals surface area contributed by atoms with E-state index in [2.05, 4.69) is 15.3 Å². The van der Waals surface area contributed by atoms with E-state index in [9.17, 15) is 4.79 Å². The lowest BCUT2D eigenvalue weighted by Crippen LogP contribution is -2.27. The van der Waals surface area contributed by atoms with Crippen LogP contribution in [0.15, 0.2) is 29.9 Å². The second kappa shape index (κ2) is 7.72. The van der Waals surface area contributed by atoms with Gasteiger partial charge in [-0.1, -0.05) is 0 Å². The van der Waals surface area contributed by atoms with Gasteiger partial charge in [0.2, 0.25) is 5.91 Å². The van der Waals surface area contributed by atoms with Crippen molar-refractivity contribution in [2.45, 2.75) is 12.8 Å². The van der Waals surface area contributed by atoms with Gasteiger partial charge in [-0.2, -0.15) is 0 Å². The van der Waals surface area contributed by atoms with Crippen LogP contribution in [0, 0.1) is 0 Å². The van der Waals surface area contributed by atoms with Crippen molar-refractivity contribution >= 4 is 17.2 Å². The van der Waals surface area contributed by atoms with E-state index in [4.69, 9.17) is 4.74 Å². The summed E-state index contributed by atoms with van der Waals surface area (Å²) in [6, 6.07) is 3.86. The maximum absolute atomic E-state index is 11.6. The van der Waals surface area contributed by atoms with Crippen LogP contribution in [-0.4, -0.2) is 36.1 Å². The van der Waals surface area contributed by atoms with Crippen molar-refractivity contribution in [1.82, 2.24) is 15.3 Å². The van der Waals surface area contributed by atoms with Crippen LogP contribution in [0.4, 0.5) is 0 Å². The second-order valence-electron chi connectivity index (χ2n) is 4.22. The molecular weight excluding hydrogens is 274 g/mol. The number of hydrogen-bond donors (Lipinski definition) is 1. The first-order valence-electron chi connectivity index (χ1n) is 6.40. The van der Waals surface area contributed by atoms with Gasteiger partial charge in [0.05, 0.1) is 12.3 Å². The fraction of sp³-hybridized carbons (Fsp3) is 0.357. The molecule has 1 amide bonds. The number of nitrogens with zero attached hydrogens (tertiary/aromatic N) is 2. The normalized spacial score (nSPS) is 10.4. The Kier molecular flexibility index (Phi) is 5.64. The van der Waals surface area contributed by atoms with Crippen LogP contribution >= 0.6 is 11.3 Å². The highest BCUT2D eigenvalue weighted by Gasteiger charge is 2.07. The van der Waals surface area contributed by atoms with Crippen LogP contribution in [0.3, 0.4) is 0 Å². The number of carbonyl (C=O) groups is 1. The third-order valence-corrected chi connectivity index (χ3v) is 3.66. The van der Waals surface area contributed by atoms with Gasteiger partial charge in [-0.3, -0.25) is 9.78 Å². The van der Waals surface area contributed by atoms with Crippen LogP contribution in [0.1, 0.15) is 12.1 Å². The molecule has 106 valence electrons. The smallest absolute Gasteiger partial charge is 0.220 e. The molecule has 0 aliphatic heterocycles. The predicted octanol–water partition coefficient (Wildman–Crippen LogP) is 1.90. The number of aromatic nitrogens is 2. The first-order chi connectivity index (χ1) is 9.79. The highest BCUT2D eigenvalue weighted by atomic mass is 32.1. The quantitative estimate of drug-likeness (QED) is 0.791. The standard InChI is InChI=1S/C14H17N3O2S/c1-19-9-8-16-13(18)3-2-12-10-20-14(17-12)11-4-6-15-7-5-11/h4-7,10H,2-3,8-9H2,1H3,(H,16,18). The van der Waals surface area contributed by atoms with Gasteiger partial charge in [0.1, 0.15) is 5.01 Å². The zero-order chi connectivity index (χ0) is 14.2. The van der Waals surface area contributed by atoms with Gasteiger partial charge >= 0.3 is 0 Å². The Balaban J connectivity index is 1.83. The minimum absolute atomic E-state index is 0.0283. The summed E-state index contributed by atoms with van der Waals surface area (Å²) in [5.41, 5.74) is 2.00. The van der Waals surface area contributed by atoms with E-state index in [1.54, 1.807) is 30.8 Å². The summed E-state index contributed by atoms with van der Waals surface area (Å²) in [5.74, 6) is 0.0283. The number of ether oxygens (including phenoxy) is 1. The molecule has 0 saturated heterocycles. The summed E-state index contributed by atoms with van der Waals surface area (Å²) >= 11 is 1.59. The summed E-state index contributed by atoms with van der Waals surface area (Å²) in [7, 11) is 1.61. The molecule has 5 nitrogen and oxygen atoms in total. The second-order valence-corrected chi connectivity index (χ2v) is 5.08. The van der Waals surface area contributed by atoms with E-state index in [1.165, 1.54) is 0 Å². The first kappa shape index (κ1) is 14.6. The molecule has 20 heavy (non-hydrogen) atoms. The number of hydrogen-bond acceptors (Lipinski definition) is 5. The maximum Gasteiger partial charge on any atom is 0.220 e. The maximum atomic E-state index is 11.6. The molecule has 0 bridgehead atoms. The lowest BCUT2D eigenvalue weighted by molar-refractivity contribution is -0.121. The molecule has 2 aromatic rings. The Bertz CT molecular complexity index is 542. The van der Waals surface area contributed by atoms with Gasteiger partial charge in [0.15, 0.2) is 0 Å². The molecule has 2 rings (SSSR count). The van der Waals surface area contributed by atoms with Crippen molar-refractivity contribution in [3.63, 3.8) is 0 Å². The van der Waals surface area contributed by atoms with Crippen LogP contribution < -0.4 is 5.32 Å². The van der Waals surface area contributed by atoms with Crippen LogP contribution in [0.2, 0.25) is 0 Å². The van der Waals surface area contributed by atoms with Crippen molar-refractivity contribution in [2.75, 3.05) is 20.3 Å². The minimum Gasteiger partial charge on any atom is -0.383 e. The average molecular weight is 291 g/mol. The SMILES string of the molecule is COCCNC(=O)CCc1csc(-c2ccncc2)n1. The molecule has 0 saturated carbocycles. The lowest BCUT2D eigenvalue weighted by Gasteiger charge is -2.02. The number of amides is 1. The van der Waals surface area contributed by atoms with Gasteiger partial charge < -0.3 is 10.1 Å². The van der Waals surface area contributed by atoms with Gasteiger partial charge in [-0.25, -0.2) is 4.98 Å². The van der Waals surface area contributed by atoms with E-state index >= 15 is 0 Å². The van der Waals surface area contributed by atoms with Gasteiger partial charge in [-0.05, 0) is 18.6 Å². The monoisotopic (exact) mass is 291 g/mol. The van der Waals surface area contributed by atoms with Crippen molar-refractivity contribution in [2.24, 2.45) is 0 Å². The number of aryl methyl sites for hydroxylation is 1. The highest BCUT2D eigenvalue weighted by Crippen LogP contribution is 2.23. The Morgan fingerprint density at radius 2 is 2.20 bits per heavy atom. The zero-order valence-corrected chi connectivity index (χ0v) is 12.2. The van der Waals surface area contributed by atoms with Crippen LogP contribution in [0.5, 0.6) is 0 Å². The fourth-order valence-electron chi connectivity index (χ4n) is 1.67. The Labute approximate surface area is 122 Å². The molecule has 0 aliphatic rings. The molecule has 6 heteroatoms. The third kappa shape index (κ3) is 4.40. The molecular formula is C14H17N3O2S. The molecule has 0 spiro atoms. The minimum atomic E-state index is 0.0283. The Morgan fingerprint density at radius 3 is 2.95 bits per heavy atom. The topological polar surface area (TPSA) is 64.1 Å². The lowest BCUT2D eigenvalue weighted by atomic mass is 10.2. The fourth-order valence-corrected chi connectivity index (χ4v) is 2.53. The number of thiazole rings is 1. The summed E-state index contributed by atoms with van der Waals surface area (Å²) in [5, 5.41) is 5.75. The molecule has 0 unspecified atom stereocenters. The Hall–Kier alpha value is -1.79. The van der Waals surface area contributed by atoms with E-state index in [-0.39, 0.29) is 5.91 Å². The van der Waals surface area contributed by atoms with Crippen LogP contribution in [0.25, 0.3) is 10.6 Å². The van der Waals surface area contributed by atoms with Crippen molar-refractivity contribution in [3.05, 3.63) is 35.6 Å². The van der Waals surface area contributed by atoms with E-state index in [1.807, 2.05) is 17.5 Å². The van der Waals surface area contributed by atoms with Crippen molar-refractivity contribution in [1.29, 1.82) is 0 Å². The summed E-state index contributed by atoms with van der Waals surface area (Å²) in [6.45, 7) is 1.09. The zero-order valence-electron chi connectivity index (χ0n) is 11.3. The number of pyridine rings is 1. The highest BCUT2D eigenvalue weighted by molar-refractivity contribution is 7.13.